The van der Waals surface area contributed by atoms with Crippen LogP contribution in [0.3, 0.4) is 0 Å². The standard InChI is InChI=1S/C22H29N3O4S/c1-13(2)19(24-20(26)14-10-15(28-3)12-16(11-14)29-4)21(27)25-22-23-17-8-6-5-7-9-18(17)30-22/h10-13,19H,5-9H2,1-4H3,(H,24,26)(H,23,25,27)/t19-/m1/s1. The SMILES string of the molecule is COc1cc(OC)cc(C(=O)N[C@@H](C(=O)Nc2nc3c(s2)CCCCC3)C(C)C)c1. The van der Waals surface area contributed by atoms with E-state index in [9.17, 15) is 9.59 Å². The number of thiazole rings is 1. The Balaban J connectivity index is 1.72. The Bertz CT molecular complexity index is 864. The second-order valence-electron chi connectivity index (χ2n) is 7.74. The van der Waals surface area contributed by atoms with E-state index >= 15 is 0 Å². The molecule has 1 aromatic heterocycles. The molecule has 0 fully saturated rings. The Labute approximate surface area is 181 Å². The molecule has 0 radical (unpaired) electrons. The fraction of sp³-hybridized carbons (Fsp3) is 0.500. The van der Waals surface area contributed by atoms with Gasteiger partial charge in [0.15, 0.2) is 5.13 Å². The van der Waals surface area contributed by atoms with Crippen molar-refractivity contribution < 1.29 is 19.1 Å². The topological polar surface area (TPSA) is 89.5 Å². The van der Waals surface area contributed by atoms with Crippen LogP contribution >= 0.6 is 11.3 Å². The first-order chi connectivity index (χ1) is 14.4. The van der Waals surface area contributed by atoms with Crippen molar-refractivity contribution in [1.82, 2.24) is 10.3 Å². The van der Waals surface area contributed by atoms with Gasteiger partial charge in [-0.15, -0.1) is 11.3 Å². The fourth-order valence-electron chi connectivity index (χ4n) is 3.46. The second kappa shape index (κ2) is 9.93. The van der Waals surface area contributed by atoms with Gasteiger partial charge in [0.1, 0.15) is 17.5 Å². The van der Waals surface area contributed by atoms with Gasteiger partial charge < -0.3 is 20.1 Å². The Hall–Kier alpha value is -2.61. The normalized spacial score (nSPS) is 14.4. The van der Waals surface area contributed by atoms with E-state index in [0.29, 0.717) is 22.2 Å². The molecule has 0 spiro atoms. The number of benzene rings is 1. The number of carbonyl (C=O) groups is 2. The number of ether oxygens (including phenoxy) is 2. The summed E-state index contributed by atoms with van der Waals surface area (Å²) in [4.78, 5) is 31.7. The zero-order chi connectivity index (χ0) is 21.7. The lowest BCUT2D eigenvalue weighted by molar-refractivity contribution is -0.118. The number of anilines is 1. The van der Waals surface area contributed by atoms with Gasteiger partial charge in [0.25, 0.3) is 5.91 Å². The third kappa shape index (κ3) is 5.30. The van der Waals surface area contributed by atoms with Crippen LogP contribution in [0.5, 0.6) is 11.5 Å². The summed E-state index contributed by atoms with van der Waals surface area (Å²) in [5.74, 6) is 0.288. The van der Waals surface area contributed by atoms with Crippen molar-refractivity contribution in [2.75, 3.05) is 19.5 Å². The van der Waals surface area contributed by atoms with E-state index in [1.807, 2.05) is 13.8 Å². The molecule has 7 nitrogen and oxygen atoms in total. The minimum atomic E-state index is -0.696. The van der Waals surface area contributed by atoms with Crippen LogP contribution in [0, 0.1) is 5.92 Å². The molecule has 0 unspecified atom stereocenters. The maximum Gasteiger partial charge on any atom is 0.252 e. The number of carbonyl (C=O) groups excluding carboxylic acids is 2. The highest BCUT2D eigenvalue weighted by atomic mass is 32.1. The second-order valence-corrected chi connectivity index (χ2v) is 8.82. The van der Waals surface area contributed by atoms with Gasteiger partial charge >= 0.3 is 0 Å². The predicted molar refractivity (Wildman–Crippen MR) is 118 cm³/mol. The minimum Gasteiger partial charge on any atom is -0.497 e. The lowest BCUT2D eigenvalue weighted by Crippen LogP contribution is -2.47. The number of aromatic nitrogens is 1. The van der Waals surface area contributed by atoms with Crippen molar-refractivity contribution in [3.8, 4) is 11.5 Å². The zero-order valence-corrected chi connectivity index (χ0v) is 18.7. The maximum atomic E-state index is 12.9. The summed E-state index contributed by atoms with van der Waals surface area (Å²) in [6, 6.07) is 4.23. The van der Waals surface area contributed by atoms with Gasteiger partial charge in [-0.25, -0.2) is 4.98 Å². The van der Waals surface area contributed by atoms with Gasteiger partial charge in [0.2, 0.25) is 5.91 Å². The number of methoxy groups -OCH3 is 2. The molecule has 0 bridgehead atoms. The van der Waals surface area contributed by atoms with E-state index in [0.717, 1.165) is 31.4 Å². The average Bonchev–Trinajstić information content (AvgIpc) is 2.98. The fourth-order valence-corrected chi connectivity index (χ4v) is 4.52. The van der Waals surface area contributed by atoms with E-state index in [1.165, 1.54) is 25.5 Å². The van der Waals surface area contributed by atoms with Gasteiger partial charge in [-0.05, 0) is 43.7 Å². The molecule has 0 aliphatic heterocycles. The summed E-state index contributed by atoms with van der Waals surface area (Å²) in [6.07, 6.45) is 5.51. The van der Waals surface area contributed by atoms with E-state index in [1.54, 1.807) is 29.5 Å². The molecular formula is C22H29N3O4S. The largest absolute Gasteiger partial charge is 0.497 e. The highest BCUT2D eigenvalue weighted by Gasteiger charge is 2.26. The monoisotopic (exact) mass is 431 g/mol. The third-order valence-corrected chi connectivity index (χ3v) is 6.25. The van der Waals surface area contributed by atoms with Gasteiger partial charge in [0.05, 0.1) is 19.9 Å². The summed E-state index contributed by atoms with van der Waals surface area (Å²) in [5.41, 5.74) is 1.46. The predicted octanol–water partition coefficient (Wildman–Crippen LogP) is 3.82. The van der Waals surface area contributed by atoms with E-state index in [2.05, 4.69) is 15.6 Å². The van der Waals surface area contributed by atoms with Crippen molar-refractivity contribution in [2.45, 2.75) is 52.0 Å². The highest BCUT2D eigenvalue weighted by molar-refractivity contribution is 7.15. The Morgan fingerprint density at radius 2 is 1.70 bits per heavy atom. The Kier molecular flexibility index (Phi) is 7.31. The first-order valence-corrected chi connectivity index (χ1v) is 11.1. The third-order valence-electron chi connectivity index (χ3n) is 5.18. The van der Waals surface area contributed by atoms with Crippen LogP contribution in [-0.4, -0.2) is 37.1 Å². The molecule has 1 aromatic carbocycles. The molecule has 1 aliphatic carbocycles. The summed E-state index contributed by atoms with van der Waals surface area (Å²) >= 11 is 1.54. The molecule has 1 atom stereocenters. The number of hydrogen-bond acceptors (Lipinski definition) is 6. The first-order valence-electron chi connectivity index (χ1n) is 10.2. The number of rotatable bonds is 7. The molecule has 0 saturated heterocycles. The van der Waals surface area contributed by atoms with Crippen LogP contribution in [0.15, 0.2) is 18.2 Å². The maximum absolute atomic E-state index is 12.9. The molecule has 3 rings (SSSR count). The van der Waals surface area contributed by atoms with Crippen LogP contribution in [0.1, 0.15) is 54.0 Å². The molecule has 2 amide bonds. The van der Waals surface area contributed by atoms with Crippen LogP contribution in [0.4, 0.5) is 5.13 Å². The molecular weight excluding hydrogens is 402 g/mol. The van der Waals surface area contributed by atoms with E-state index in [4.69, 9.17) is 9.47 Å². The van der Waals surface area contributed by atoms with Crippen molar-refractivity contribution in [1.29, 1.82) is 0 Å². The van der Waals surface area contributed by atoms with Gasteiger partial charge in [0, 0.05) is 16.5 Å². The number of nitrogens with one attached hydrogen (secondary N) is 2. The quantitative estimate of drug-likeness (QED) is 0.651. The molecule has 2 aromatic rings. The van der Waals surface area contributed by atoms with Crippen LogP contribution < -0.4 is 20.1 Å². The Morgan fingerprint density at radius 1 is 1.03 bits per heavy atom. The molecule has 162 valence electrons. The average molecular weight is 432 g/mol. The van der Waals surface area contributed by atoms with Crippen LogP contribution in [0.25, 0.3) is 0 Å². The summed E-state index contributed by atoms with van der Waals surface area (Å²) < 4.78 is 10.5. The summed E-state index contributed by atoms with van der Waals surface area (Å²) in [5, 5.41) is 6.36. The van der Waals surface area contributed by atoms with E-state index < -0.39 is 6.04 Å². The molecule has 30 heavy (non-hydrogen) atoms. The molecule has 1 heterocycles. The van der Waals surface area contributed by atoms with Gasteiger partial charge in [-0.2, -0.15) is 0 Å². The summed E-state index contributed by atoms with van der Waals surface area (Å²) in [6.45, 7) is 3.79. The summed E-state index contributed by atoms with van der Waals surface area (Å²) in [7, 11) is 3.05. The van der Waals surface area contributed by atoms with E-state index in [-0.39, 0.29) is 17.7 Å². The number of aryl methyl sites for hydroxylation is 2. The number of amides is 2. The lowest BCUT2D eigenvalue weighted by atomic mass is 10.0. The molecule has 2 N–H and O–H groups in total. The van der Waals surface area contributed by atoms with Crippen LogP contribution in [-0.2, 0) is 17.6 Å². The van der Waals surface area contributed by atoms with Crippen molar-refractivity contribution in [3.63, 3.8) is 0 Å². The molecule has 8 heteroatoms. The lowest BCUT2D eigenvalue weighted by Gasteiger charge is -2.21. The molecule has 1 aliphatic rings. The van der Waals surface area contributed by atoms with Crippen molar-refractivity contribution in [2.24, 2.45) is 5.92 Å². The molecule has 0 saturated carbocycles. The first kappa shape index (κ1) is 22.1. The number of nitrogens with zero attached hydrogens (tertiary/aromatic N) is 1. The number of hydrogen-bond donors (Lipinski definition) is 2. The van der Waals surface area contributed by atoms with Crippen molar-refractivity contribution in [3.05, 3.63) is 34.3 Å². The minimum absolute atomic E-state index is 0.0979. The Morgan fingerprint density at radius 3 is 2.33 bits per heavy atom. The highest BCUT2D eigenvalue weighted by Crippen LogP contribution is 2.29. The van der Waals surface area contributed by atoms with Gasteiger partial charge in [-0.1, -0.05) is 20.3 Å². The van der Waals surface area contributed by atoms with Crippen molar-refractivity contribution >= 4 is 28.3 Å². The van der Waals surface area contributed by atoms with Crippen LogP contribution in [0.2, 0.25) is 0 Å². The van der Waals surface area contributed by atoms with Gasteiger partial charge in [-0.3, -0.25) is 9.59 Å². The number of fused-ring (bicyclic) bond motifs is 1. The smallest absolute Gasteiger partial charge is 0.252 e. The zero-order valence-electron chi connectivity index (χ0n) is 17.9.